The Morgan fingerprint density at radius 2 is 2.07 bits per heavy atom. The van der Waals surface area contributed by atoms with Crippen LogP contribution in [0, 0.1) is 17.2 Å². The van der Waals surface area contributed by atoms with Gasteiger partial charge in [0.05, 0.1) is 31.2 Å². The Hall–Kier alpha value is -3.60. The maximum Gasteiger partial charge on any atom is 0.311 e. The van der Waals surface area contributed by atoms with Gasteiger partial charge in [-0.25, -0.2) is 0 Å². The van der Waals surface area contributed by atoms with Crippen LogP contribution in [-0.4, -0.2) is 35.8 Å². The average Bonchev–Trinajstić information content (AvgIpc) is 3.32. The molecule has 8 heteroatoms. The van der Waals surface area contributed by atoms with E-state index in [1.54, 1.807) is 36.4 Å². The van der Waals surface area contributed by atoms with Gasteiger partial charge in [-0.1, -0.05) is 12.1 Å². The van der Waals surface area contributed by atoms with Gasteiger partial charge in [0.2, 0.25) is 5.91 Å². The number of esters is 1. The molecule has 8 nitrogen and oxygen atoms in total. The van der Waals surface area contributed by atoms with Crippen LogP contribution in [0.2, 0.25) is 0 Å². The number of amides is 2. The smallest absolute Gasteiger partial charge is 0.311 e. The largest absolute Gasteiger partial charge is 0.467 e. The minimum absolute atomic E-state index is 0.0571. The lowest BCUT2D eigenvalue weighted by Gasteiger charge is -2.14. The second-order valence-corrected chi connectivity index (χ2v) is 6.44. The highest BCUT2D eigenvalue weighted by atomic mass is 16.5. The normalized spacial score (nSPS) is 15.9. The molecule has 1 fully saturated rings. The summed E-state index contributed by atoms with van der Waals surface area (Å²) in [5.74, 6) is -1.16. The van der Waals surface area contributed by atoms with E-state index in [0.717, 1.165) is 5.56 Å². The number of ether oxygens (including phenoxy) is 1. The maximum absolute atomic E-state index is 12.2. The first-order valence-electron chi connectivity index (χ1n) is 8.77. The number of hydrogen-bond acceptors (Lipinski definition) is 6. The van der Waals surface area contributed by atoms with Crippen molar-refractivity contribution in [1.82, 2.24) is 4.90 Å². The number of benzene rings is 1. The number of furan rings is 1. The van der Waals surface area contributed by atoms with Crippen LogP contribution in [0.5, 0.6) is 0 Å². The van der Waals surface area contributed by atoms with E-state index < -0.39 is 24.4 Å². The van der Waals surface area contributed by atoms with E-state index in [4.69, 9.17) is 14.4 Å². The van der Waals surface area contributed by atoms with Gasteiger partial charge >= 0.3 is 5.97 Å². The summed E-state index contributed by atoms with van der Waals surface area (Å²) >= 11 is 0. The fourth-order valence-corrected chi connectivity index (χ4v) is 2.92. The van der Waals surface area contributed by atoms with Crippen LogP contribution < -0.4 is 5.32 Å². The van der Waals surface area contributed by atoms with E-state index in [9.17, 15) is 14.4 Å². The third kappa shape index (κ3) is 4.98. The van der Waals surface area contributed by atoms with Crippen molar-refractivity contribution >= 4 is 23.5 Å². The lowest BCUT2D eigenvalue weighted by molar-refractivity contribution is -0.151. The molecular weight excluding hydrogens is 362 g/mol. The van der Waals surface area contributed by atoms with Crippen molar-refractivity contribution < 1.29 is 23.5 Å². The molecule has 1 saturated heterocycles. The molecule has 1 aromatic heterocycles. The van der Waals surface area contributed by atoms with Crippen LogP contribution in [0.4, 0.5) is 5.69 Å². The van der Waals surface area contributed by atoms with Crippen LogP contribution in [0.25, 0.3) is 0 Å². The Balaban J connectivity index is 1.44. The van der Waals surface area contributed by atoms with Crippen LogP contribution in [0.3, 0.4) is 0 Å². The van der Waals surface area contributed by atoms with Crippen molar-refractivity contribution in [3.8, 4) is 6.07 Å². The summed E-state index contributed by atoms with van der Waals surface area (Å²) in [6, 6.07) is 12.4. The van der Waals surface area contributed by atoms with Crippen molar-refractivity contribution in [2.45, 2.75) is 19.4 Å². The van der Waals surface area contributed by atoms with Crippen molar-refractivity contribution in [2.75, 3.05) is 18.5 Å². The fourth-order valence-electron chi connectivity index (χ4n) is 2.92. The highest BCUT2D eigenvalue weighted by Gasteiger charge is 2.35. The first-order valence-corrected chi connectivity index (χ1v) is 8.77. The SMILES string of the molecule is N#CCc1ccc(NC(=O)COC(=O)[C@H]2CC(=O)N(Cc3ccco3)C2)cc1. The molecule has 1 aromatic carbocycles. The number of nitriles is 1. The summed E-state index contributed by atoms with van der Waals surface area (Å²) in [4.78, 5) is 37.7. The molecule has 0 aliphatic carbocycles. The summed E-state index contributed by atoms with van der Waals surface area (Å²) in [5, 5.41) is 11.3. The Morgan fingerprint density at radius 3 is 2.75 bits per heavy atom. The van der Waals surface area contributed by atoms with Crippen molar-refractivity contribution in [2.24, 2.45) is 5.92 Å². The van der Waals surface area contributed by atoms with E-state index >= 15 is 0 Å². The van der Waals surface area contributed by atoms with Crippen LogP contribution in [0.15, 0.2) is 47.1 Å². The highest BCUT2D eigenvalue weighted by Crippen LogP contribution is 2.21. The van der Waals surface area contributed by atoms with Crippen molar-refractivity contribution in [1.29, 1.82) is 5.26 Å². The van der Waals surface area contributed by atoms with E-state index in [1.165, 1.54) is 11.2 Å². The zero-order chi connectivity index (χ0) is 19.9. The molecule has 0 unspecified atom stereocenters. The van der Waals surface area contributed by atoms with Gasteiger partial charge in [0.25, 0.3) is 5.91 Å². The van der Waals surface area contributed by atoms with Crippen LogP contribution in [-0.2, 0) is 32.1 Å². The van der Waals surface area contributed by atoms with Crippen molar-refractivity contribution in [3.63, 3.8) is 0 Å². The molecule has 0 bridgehead atoms. The first kappa shape index (κ1) is 19.2. The molecule has 2 amide bonds. The Bertz CT molecular complexity index is 884. The number of nitrogens with zero attached hydrogens (tertiary/aromatic N) is 2. The van der Waals surface area contributed by atoms with Crippen molar-refractivity contribution in [3.05, 3.63) is 54.0 Å². The van der Waals surface area contributed by atoms with Gasteiger partial charge in [-0.3, -0.25) is 14.4 Å². The first-order chi connectivity index (χ1) is 13.5. The van der Waals surface area contributed by atoms with Crippen LogP contribution >= 0.6 is 0 Å². The van der Waals surface area contributed by atoms with E-state index in [2.05, 4.69) is 5.32 Å². The van der Waals surface area contributed by atoms with Gasteiger partial charge in [0.15, 0.2) is 6.61 Å². The number of hydrogen-bond donors (Lipinski definition) is 1. The Morgan fingerprint density at radius 1 is 1.29 bits per heavy atom. The topological polar surface area (TPSA) is 113 Å². The predicted molar refractivity (Wildman–Crippen MR) is 97.6 cm³/mol. The van der Waals surface area contributed by atoms with E-state index in [0.29, 0.717) is 24.4 Å². The number of anilines is 1. The minimum Gasteiger partial charge on any atom is -0.467 e. The average molecular weight is 381 g/mol. The van der Waals surface area contributed by atoms with Crippen LogP contribution in [0.1, 0.15) is 17.7 Å². The van der Waals surface area contributed by atoms with Gasteiger partial charge in [-0.2, -0.15) is 5.26 Å². The molecule has 2 aromatic rings. The molecule has 2 heterocycles. The molecule has 0 radical (unpaired) electrons. The molecule has 3 rings (SSSR count). The standard InChI is InChI=1S/C20H19N3O5/c21-8-7-14-3-5-16(6-4-14)22-18(24)13-28-20(26)15-10-19(25)23(11-15)12-17-2-1-9-27-17/h1-6,9,15H,7,10-13H2,(H,22,24)/t15-/m0/s1. The zero-order valence-electron chi connectivity index (χ0n) is 15.1. The lowest BCUT2D eigenvalue weighted by atomic mass is 10.1. The molecule has 0 saturated carbocycles. The van der Waals surface area contributed by atoms with Gasteiger partial charge in [-0.15, -0.1) is 0 Å². The maximum atomic E-state index is 12.2. The Labute approximate surface area is 161 Å². The molecule has 1 atom stereocenters. The highest BCUT2D eigenvalue weighted by molar-refractivity contribution is 5.93. The van der Waals surface area contributed by atoms with E-state index in [-0.39, 0.29) is 18.9 Å². The molecule has 0 spiro atoms. The van der Waals surface area contributed by atoms with Gasteiger partial charge in [0.1, 0.15) is 5.76 Å². The van der Waals surface area contributed by atoms with Gasteiger partial charge in [-0.05, 0) is 29.8 Å². The Kier molecular flexibility index (Phi) is 6.07. The van der Waals surface area contributed by atoms with Gasteiger partial charge < -0.3 is 19.4 Å². The minimum atomic E-state index is -0.597. The monoisotopic (exact) mass is 381 g/mol. The molecular formula is C20H19N3O5. The number of likely N-dealkylation sites (tertiary alicyclic amines) is 1. The lowest BCUT2D eigenvalue weighted by Crippen LogP contribution is -2.28. The third-order valence-electron chi connectivity index (χ3n) is 4.34. The third-order valence-corrected chi connectivity index (χ3v) is 4.34. The summed E-state index contributed by atoms with van der Waals surface area (Å²) in [6.07, 6.45) is 1.88. The van der Waals surface area contributed by atoms with E-state index in [1.807, 2.05) is 6.07 Å². The second-order valence-electron chi connectivity index (χ2n) is 6.44. The predicted octanol–water partition coefficient (Wildman–Crippen LogP) is 1.88. The summed E-state index contributed by atoms with van der Waals surface area (Å²) in [7, 11) is 0. The zero-order valence-corrected chi connectivity index (χ0v) is 15.1. The van der Waals surface area contributed by atoms with Gasteiger partial charge in [0, 0.05) is 18.7 Å². The summed E-state index contributed by atoms with van der Waals surface area (Å²) in [6.45, 7) is 0.111. The quantitative estimate of drug-likeness (QED) is 0.733. The molecule has 1 aliphatic heterocycles. The fraction of sp³-hybridized carbons (Fsp3) is 0.300. The molecule has 1 N–H and O–H groups in total. The molecule has 28 heavy (non-hydrogen) atoms. The number of carbonyl (C=O) groups excluding carboxylic acids is 3. The molecule has 1 aliphatic rings. The summed E-state index contributed by atoms with van der Waals surface area (Å²) in [5.41, 5.74) is 1.39. The number of nitrogens with one attached hydrogen (secondary N) is 1. The molecule has 144 valence electrons. The summed E-state index contributed by atoms with van der Waals surface area (Å²) < 4.78 is 10.3. The second kappa shape index (κ2) is 8.86. The number of carbonyl (C=O) groups is 3. The number of rotatable bonds is 7.